The quantitative estimate of drug-likeness (QED) is 0.693. The maximum atomic E-state index is 11.7. The lowest BCUT2D eigenvalue weighted by Gasteiger charge is -2.23. The van der Waals surface area contributed by atoms with Crippen LogP contribution in [0.5, 0.6) is 0 Å². The van der Waals surface area contributed by atoms with Gasteiger partial charge in [-0.3, -0.25) is 9.48 Å². The Morgan fingerprint density at radius 1 is 1.18 bits per heavy atom. The highest BCUT2D eigenvalue weighted by molar-refractivity contribution is 5.68. The van der Waals surface area contributed by atoms with Gasteiger partial charge in [-0.2, -0.15) is 10.2 Å². The number of aromatic amines is 1. The van der Waals surface area contributed by atoms with Crippen LogP contribution in [0.3, 0.4) is 0 Å². The summed E-state index contributed by atoms with van der Waals surface area (Å²) in [6, 6.07) is 1.67. The van der Waals surface area contributed by atoms with Gasteiger partial charge in [0, 0.05) is 31.9 Å². The van der Waals surface area contributed by atoms with E-state index in [-0.39, 0.29) is 17.3 Å². The molecule has 1 saturated heterocycles. The Kier molecular flexibility index (Phi) is 5.53. The third kappa shape index (κ3) is 4.79. The summed E-state index contributed by atoms with van der Waals surface area (Å²) in [6.45, 7) is 7.38. The van der Waals surface area contributed by atoms with E-state index in [9.17, 15) is 9.59 Å². The second-order valence-corrected chi connectivity index (χ2v) is 7.74. The normalized spacial score (nSPS) is 14.1. The summed E-state index contributed by atoms with van der Waals surface area (Å²) in [7, 11) is 1.83. The van der Waals surface area contributed by atoms with Gasteiger partial charge in [0.1, 0.15) is 11.1 Å². The van der Waals surface area contributed by atoms with Crippen molar-refractivity contribution in [2.24, 2.45) is 7.05 Å². The molecule has 4 rings (SSSR count). The number of likely N-dealkylation sites (tertiary alicyclic amines) is 1. The summed E-state index contributed by atoms with van der Waals surface area (Å²) in [5.74, 6) is 0. The number of carbonyl (C=O) groups excluding carboxylic acids is 1. The van der Waals surface area contributed by atoms with Crippen molar-refractivity contribution in [2.45, 2.75) is 39.2 Å². The van der Waals surface area contributed by atoms with E-state index < -0.39 is 0 Å². The average Bonchev–Trinajstić information content (AvgIpc) is 3.35. The van der Waals surface area contributed by atoms with Gasteiger partial charge in [-0.05, 0) is 39.7 Å². The largest absolute Gasteiger partial charge is 0.444 e. The van der Waals surface area contributed by atoms with E-state index in [0.717, 1.165) is 31.5 Å². The number of H-pyrrole nitrogens is 1. The van der Waals surface area contributed by atoms with Crippen LogP contribution in [0.4, 0.5) is 4.79 Å². The van der Waals surface area contributed by atoms with Crippen LogP contribution in [0.15, 0.2) is 35.6 Å². The lowest BCUT2D eigenvalue weighted by molar-refractivity contribution is 0.0295. The van der Waals surface area contributed by atoms with Crippen molar-refractivity contribution in [1.82, 2.24) is 29.3 Å². The number of nitrogens with zero attached hydrogens (tertiary/aromatic N) is 5. The van der Waals surface area contributed by atoms with Crippen LogP contribution in [-0.2, 0) is 11.8 Å². The van der Waals surface area contributed by atoms with Crippen molar-refractivity contribution in [2.75, 3.05) is 13.1 Å². The molecule has 1 amide bonds. The van der Waals surface area contributed by atoms with E-state index in [1.54, 1.807) is 38.8 Å². The summed E-state index contributed by atoms with van der Waals surface area (Å²) in [4.78, 5) is 27.6. The summed E-state index contributed by atoms with van der Waals surface area (Å²) in [5.41, 5.74) is 1.58. The topological polar surface area (TPSA) is 97.5 Å². The molecule has 9 heteroatoms. The zero-order valence-electron chi connectivity index (χ0n) is 16.7. The molecule has 1 fully saturated rings. The van der Waals surface area contributed by atoms with Crippen molar-refractivity contribution in [3.05, 3.63) is 41.2 Å². The molecule has 3 aromatic rings. The van der Waals surface area contributed by atoms with E-state index in [1.807, 2.05) is 34.0 Å². The zero-order valence-corrected chi connectivity index (χ0v) is 16.7. The van der Waals surface area contributed by atoms with E-state index in [2.05, 4.69) is 15.2 Å². The minimum Gasteiger partial charge on any atom is -0.444 e. The van der Waals surface area contributed by atoms with Crippen LogP contribution < -0.4 is 5.56 Å². The van der Waals surface area contributed by atoms with Gasteiger partial charge in [-0.1, -0.05) is 0 Å². The van der Waals surface area contributed by atoms with Gasteiger partial charge < -0.3 is 14.6 Å². The fourth-order valence-electron chi connectivity index (χ4n) is 2.87. The van der Waals surface area contributed by atoms with Crippen molar-refractivity contribution < 1.29 is 9.53 Å². The molecule has 1 aliphatic rings. The first kappa shape index (κ1) is 19.7. The smallest absolute Gasteiger partial charge is 0.410 e. The van der Waals surface area contributed by atoms with Gasteiger partial charge in [-0.15, -0.1) is 0 Å². The molecule has 0 atom stereocenters. The third-order valence-electron chi connectivity index (χ3n) is 4.18. The molecule has 3 aromatic heterocycles. The average molecular weight is 386 g/mol. The standard InChI is InChI=1S/C10H9N5O.C9H17NO2/c1-14-5-7(4-12-14)8-6-15-9(2-3-11-15)10(16)13-8;1-9(2,3)12-8(11)10-6-4-5-7-10/h2-6H,1H3,(H,13,16);4-7H2,1-3H3. The Hall–Kier alpha value is -3.10. The molecule has 0 bridgehead atoms. The predicted molar refractivity (Wildman–Crippen MR) is 105 cm³/mol. The SMILES string of the molecule is CC(C)(C)OC(=O)N1CCCC1.Cn1cc(-c2cn3nccc3c(=O)[nH]2)cn1. The Balaban J connectivity index is 0.000000169. The van der Waals surface area contributed by atoms with Crippen LogP contribution in [-0.4, -0.2) is 54.1 Å². The van der Waals surface area contributed by atoms with Gasteiger partial charge >= 0.3 is 6.09 Å². The first-order chi connectivity index (χ1) is 13.2. The molecule has 9 nitrogen and oxygen atoms in total. The number of ether oxygens (including phenoxy) is 1. The van der Waals surface area contributed by atoms with E-state index in [4.69, 9.17) is 4.74 Å². The number of aromatic nitrogens is 5. The minimum absolute atomic E-state index is 0.154. The Bertz CT molecular complexity index is 1000. The fourth-order valence-corrected chi connectivity index (χ4v) is 2.87. The Morgan fingerprint density at radius 3 is 2.50 bits per heavy atom. The van der Waals surface area contributed by atoms with Crippen molar-refractivity contribution in [3.63, 3.8) is 0 Å². The molecule has 150 valence electrons. The molecule has 1 aliphatic heterocycles. The number of hydrogen-bond donors (Lipinski definition) is 1. The van der Waals surface area contributed by atoms with Crippen molar-refractivity contribution in [1.29, 1.82) is 0 Å². The maximum absolute atomic E-state index is 11.7. The van der Waals surface area contributed by atoms with E-state index in [1.165, 1.54) is 0 Å². The summed E-state index contributed by atoms with van der Waals surface area (Å²) in [5, 5.41) is 8.10. The maximum Gasteiger partial charge on any atom is 0.410 e. The summed E-state index contributed by atoms with van der Waals surface area (Å²) < 4.78 is 8.45. The Labute approximate surface area is 162 Å². The molecule has 0 unspecified atom stereocenters. The molecule has 0 radical (unpaired) electrons. The number of amides is 1. The number of carbonyl (C=O) groups is 1. The van der Waals surface area contributed by atoms with Crippen LogP contribution in [0.2, 0.25) is 0 Å². The predicted octanol–water partition coefficient (Wildman–Crippen LogP) is 2.44. The second kappa shape index (κ2) is 7.87. The van der Waals surface area contributed by atoms with E-state index >= 15 is 0 Å². The molecular formula is C19H26N6O3. The molecular weight excluding hydrogens is 360 g/mol. The van der Waals surface area contributed by atoms with Crippen LogP contribution in [0.25, 0.3) is 16.8 Å². The monoisotopic (exact) mass is 386 g/mol. The number of aryl methyl sites for hydroxylation is 1. The number of nitrogens with one attached hydrogen (secondary N) is 1. The Morgan fingerprint density at radius 2 is 1.89 bits per heavy atom. The van der Waals surface area contributed by atoms with Crippen molar-refractivity contribution in [3.8, 4) is 11.3 Å². The lowest BCUT2D eigenvalue weighted by Crippen LogP contribution is -2.34. The number of hydrogen-bond acceptors (Lipinski definition) is 5. The zero-order chi connectivity index (χ0) is 20.3. The van der Waals surface area contributed by atoms with Crippen LogP contribution in [0.1, 0.15) is 33.6 Å². The molecule has 0 aliphatic carbocycles. The van der Waals surface area contributed by atoms with E-state index in [0.29, 0.717) is 11.2 Å². The number of rotatable bonds is 1. The molecule has 0 saturated carbocycles. The van der Waals surface area contributed by atoms with Crippen LogP contribution >= 0.6 is 0 Å². The first-order valence-corrected chi connectivity index (χ1v) is 9.26. The van der Waals surface area contributed by atoms with Gasteiger partial charge in [0.25, 0.3) is 5.56 Å². The highest BCUT2D eigenvalue weighted by atomic mass is 16.6. The highest BCUT2D eigenvalue weighted by Crippen LogP contribution is 2.15. The van der Waals surface area contributed by atoms with Gasteiger partial charge in [0.05, 0.1) is 24.3 Å². The molecule has 0 aromatic carbocycles. The lowest BCUT2D eigenvalue weighted by atomic mass is 10.2. The van der Waals surface area contributed by atoms with Gasteiger partial charge in [0.15, 0.2) is 0 Å². The molecule has 1 N–H and O–H groups in total. The van der Waals surface area contributed by atoms with Crippen LogP contribution in [0, 0.1) is 0 Å². The second-order valence-electron chi connectivity index (χ2n) is 7.74. The fraction of sp³-hybridized carbons (Fsp3) is 0.474. The molecule has 28 heavy (non-hydrogen) atoms. The molecule has 4 heterocycles. The summed E-state index contributed by atoms with van der Waals surface area (Å²) >= 11 is 0. The summed E-state index contributed by atoms with van der Waals surface area (Å²) in [6.07, 6.45) is 8.95. The minimum atomic E-state index is -0.361. The van der Waals surface area contributed by atoms with Gasteiger partial charge in [0.2, 0.25) is 0 Å². The first-order valence-electron chi connectivity index (χ1n) is 9.26. The van der Waals surface area contributed by atoms with Gasteiger partial charge in [-0.25, -0.2) is 9.31 Å². The molecule has 0 spiro atoms. The van der Waals surface area contributed by atoms with Crippen molar-refractivity contribution >= 4 is 11.6 Å². The third-order valence-corrected chi connectivity index (χ3v) is 4.18. The number of fused-ring (bicyclic) bond motifs is 1. The highest BCUT2D eigenvalue weighted by Gasteiger charge is 2.23.